The van der Waals surface area contributed by atoms with Crippen LogP contribution in [0.5, 0.6) is 0 Å². The number of aliphatic hydroxyl groups is 1. The first-order valence-electron chi connectivity index (χ1n) is 3.99. The molecule has 2 fully saturated rings. The van der Waals surface area contributed by atoms with Crippen LogP contribution < -0.4 is 0 Å². The average molecular weight is 136 g/mol. The molecule has 3 unspecified atom stereocenters. The van der Waals surface area contributed by atoms with E-state index in [1.54, 1.807) is 0 Å². The normalized spacial score (nSPS) is 45.8. The molecule has 0 saturated heterocycles. The smallest absolute Gasteiger partial charge is 0.117 e. The summed E-state index contributed by atoms with van der Waals surface area (Å²) in [5, 5.41) is 9.27. The quantitative estimate of drug-likeness (QED) is 0.534. The monoisotopic (exact) mass is 136 g/mol. The van der Waals surface area contributed by atoms with Crippen molar-refractivity contribution in [3.63, 3.8) is 0 Å². The predicted molar refractivity (Wildman–Crippen MR) is 39.2 cm³/mol. The minimum absolute atomic E-state index is 0.449. The van der Waals surface area contributed by atoms with Crippen molar-refractivity contribution in [3.05, 3.63) is 0 Å². The molecule has 0 amide bonds. The fourth-order valence-corrected chi connectivity index (χ4v) is 2.46. The van der Waals surface area contributed by atoms with Crippen LogP contribution >= 0.6 is 0 Å². The van der Waals surface area contributed by atoms with Crippen LogP contribution in [0, 0.1) is 30.1 Å². The van der Waals surface area contributed by atoms with E-state index in [4.69, 9.17) is 6.42 Å². The molecule has 1 N–H and O–H groups in total. The van der Waals surface area contributed by atoms with Crippen molar-refractivity contribution in [2.75, 3.05) is 0 Å². The van der Waals surface area contributed by atoms with Crippen LogP contribution in [0.3, 0.4) is 0 Å². The molecule has 0 heterocycles. The number of terminal acetylenes is 1. The average Bonchev–Trinajstić information content (AvgIpc) is 2.43. The largest absolute Gasteiger partial charge is 0.380 e. The van der Waals surface area contributed by atoms with Crippen molar-refractivity contribution in [2.24, 2.45) is 17.8 Å². The van der Waals surface area contributed by atoms with E-state index in [1.165, 1.54) is 19.3 Å². The van der Waals surface area contributed by atoms with Gasteiger partial charge in [0.05, 0.1) is 0 Å². The number of hydrogen-bond acceptors (Lipinski definition) is 1. The van der Waals surface area contributed by atoms with Crippen LogP contribution in [0.15, 0.2) is 0 Å². The molecule has 10 heavy (non-hydrogen) atoms. The van der Waals surface area contributed by atoms with Crippen molar-refractivity contribution in [3.8, 4) is 12.3 Å². The Morgan fingerprint density at radius 3 is 2.50 bits per heavy atom. The van der Waals surface area contributed by atoms with E-state index in [0.717, 1.165) is 11.8 Å². The predicted octanol–water partition coefficient (Wildman–Crippen LogP) is 1.03. The van der Waals surface area contributed by atoms with Gasteiger partial charge < -0.3 is 5.11 Å². The molecule has 2 rings (SSSR count). The number of rotatable bonds is 1. The maximum absolute atomic E-state index is 9.27. The molecule has 0 radical (unpaired) electrons. The lowest BCUT2D eigenvalue weighted by molar-refractivity contribution is 0.191. The Kier molecular flexibility index (Phi) is 1.25. The Morgan fingerprint density at radius 1 is 1.40 bits per heavy atom. The van der Waals surface area contributed by atoms with Gasteiger partial charge in [0.25, 0.3) is 0 Å². The van der Waals surface area contributed by atoms with E-state index in [0.29, 0.717) is 5.92 Å². The van der Waals surface area contributed by atoms with Crippen molar-refractivity contribution < 1.29 is 5.11 Å². The minimum Gasteiger partial charge on any atom is -0.380 e. The molecule has 0 spiro atoms. The zero-order valence-electron chi connectivity index (χ0n) is 5.96. The SMILES string of the molecule is C#CC(O)C1C2CCCC21. The Balaban J connectivity index is 1.96. The third-order valence-corrected chi connectivity index (χ3v) is 3.01. The number of fused-ring (bicyclic) bond motifs is 1. The molecule has 0 aliphatic heterocycles. The highest BCUT2D eigenvalue weighted by Gasteiger charge is 2.55. The van der Waals surface area contributed by atoms with Gasteiger partial charge in [0.1, 0.15) is 6.10 Å². The summed E-state index contributed by atoms with van der Waals surface area (Å²) in [6.07, 6.45) is 8.62. The van der Waals surface area contributed by atoms with Crippen LogP contribution in [-0.2, 0) is 0 Å². The van der Waals surface area contributed by atoms with Gasteiger partial charge in [0.15, 0.2) is 0 Å². The molecule has 0 aromatic carbocycles. The van der Waals surface area contributed by atoms with Gasteiger partial charge in [-0.2, -0.15) is 0 Å². The summed E-state index contributed by atoms with van der Waals surface area (Å²) in [4.78, 5) is 0. The van der Waals surface area contributed by atoms with Crippen molar-refractivity contribution >= 4 is 0 Å². The van der Waals surface area contributed by atoms with E-state index in [9.17, 15) is 5.11 Å². The summed E-state index contributed by atoms with van der Waals surface area (Å²) in [7, 11) is 0. The molecule has 1 nitrogen and oxygen atoms in total. The van der Waals surface area contributed by atoms with Gasteiger partial charge in [-0.05, 0) is 24.7 Å². The van der Waals surface area contributed by atoms with Crippen LogP contribution in [-0.4, -0.2) is 11.2 Å². The Morgan fingerprint density at radius 2 is 2.00 bits per heavy atom. The van der Waals surface area contributed by atoms with Gasteiger partial charge in [-0.3, -0.25) is 0 Å². The van der Waals surface area contributed by atoms with Crippen molar-refractivity contribution in [1.82, 2.24) is 0 Å². The molecule has 0 aromatic rings. The molecule has 1 heteroatoms. The third-order valence-electron chi connectivity index (χ3n) is 3.01. The van der Waals surface area contributed by atoms with E-state index in [-0.39, 0.29) is 0 Å². The highest BCUT2D eigenvalue weighted by Crippen LogP contribution is 2.58. The molecule has 2 aliphatic rings. The van der Waals surface area contributed by atoms with Crippen LogP contribution in [0.1, 0.15) is 19.3 Å². The standard InChI is InChI=1S/C9H12O/c1-2-8(10)9-6-4-3-5-7(6)9/h1,6-10H,3-5H2. The fourth-order valence-electron chi connectivity index (χ4n) is 2.46. The molecular weight excluding hydrogens is 124 g/mol. The Labute approximate surface area is 61.4 Å². The van der Waals surface area contributed by atoms with Gasteiger partial charge in [0, 0.05) is 5.92 Å². The molecule has 2 aliphatic carbocycles. The first-order valence-corrected chi connectivity index (χ1v) is 3.99. The molecule has 2 saturated carbocycles. The summed E-state index contributed by atoms with van der Waals surface area (Å²) in [6, 6.07) is 0. The molecule has 54 valence electrons. The summed E-state index contributed by atoms with van der Waals surface area (Å²) < 4.78 is 0. The van der Waals surface area contributed by atoms with Gasteiger partial charge in [-0.15, -0.1) is 6.42 Å². The Bertz CT molecular complexity index is 170. The molecular formula is C9H12O. The summed E-state index contributed by atoms with van der Waals surface area (Å²) in [5.74, 6) is 4.45. The zero-order chi connectivity index (χ0) is 7.14. The van der Waals surface area contributed by atoms with E-state index in [1.807, 2.05) is 0 Å². The molecule has 0 aromatic heterocycles. The van der Waals surface area contributed by atoms with Crippen molar-refractivity contribution in [2.45, 2.75) is 25.4 Å². The van der Waals surface area contributed by atoms with Gasteiger partial charge in [-0.25, -0.2) is 0 Å². The van der Waals surface area contributed by atoms with E-state index in [2.05, 4.69) is 5.92 Å². The number of aliphatic hydroxyl groups excluding tert-OH is 1. The number of hydrogen-bond donors (Lipinski definition) is 1. The highest BCUT2D eigenvalue weighted by molar-refractivity contribution is 5.12. The maximum atomic E-state index is 9.27. The second-order valence-corrected chi connectivity index (χ2v) is 3.45. The summed E-state index contributed by atoms with van der Waals surface area (Å²) in [6.45, 7) is 0. The molecule has 3 atom stereocenters. The second-order valence-electron chi connectivity index (χ2n) is 3.45. The summed E-state index contributed by atoms with van der Waals surface area (Å²) in [5.41, 5.74) is 0. The van der Waals surface area contributed by atoms with Gasteiger partial charge >= 0.3 is 0 Å². The highest BCUT2D eigenvalue weighted by atomic mass is 16.3. The van der Waals surface area contributed by atoms with Crippen LogP contribution in [0.25, 0.3) is 0 Å². The lowest BCUT2D eigenvalue weighted by atomic mass is 10.1. The van der Waals surface area contributed by atoms with Crippen molar-refractivity contribution in [1.29, 1.82) is 0 Å². The lowest BCUT2D eigenvalue weighted by Crippen LogP contribution is -2.09. The van der Waals surface area contributed by atoms with E-state index >= 15 is 0 Å². The minimum atomic E-state index is -0.449. The third kappa shape index (κ3) is 0.690. The van der Waals surface area contributed by atoms with Gasteiger partial charge in [0.2, 0.25) is 0 Å². The lowest BCUT2D eigenvalue weighted by Gasteiger charge is -2.03. The van der Waals surface area contributed by atoms with Gasteiger partial charge in [-0.1, -0.05) is 12.3 Å². The van der Waals surface area contributed by atoms with Crippen LogP contribution in [0.4, 0.5) is 0 Å². The van der Waals surface area contributed by atoms with Crippen LogP contribution in [0.2, 0.25) is 0 Å². The fraction of sp³-hybridized carbons (Fsp3) is 0.778. The molecule has 0 bridgehead atoms. The summed E-state index contributed by atoms with van der Waals surface area (Å²) >= 11 is 0. The second kappa shape index (κ2) is 2.00. The maximum Gasteiger partial charge on any atom is 0.117 e. The first-order chi connectivity index (χ1) is 4.84. The van der Waals surface area contributed by atoms with E-state index < -0.39 is 6.10 Å². The topological polar surface area (TPSA) is 20.2 Å². The first kappa shape index (κ1) is 6.24. The Hall–Kier alpha value is -0.480. The zero-order valence-corrected chi connectivity index (χ0v) is 5.96.